The van der Waals surface area contributed by atoms with E-state index >= 15 is 0 Å². The van der Waals surface area contributed by atoms with Crippen molar-refractivity contribution >= 4 is 27.6 Å². The topological polar surface area (TPSA) is 125 Å². The van der Waals surface area contributed by atoms with Gasteiger partial charge in [-0.15, -0.1) is 10.1 Å². The van der Waals surface area contributed by atoms with Crippen molar-refractivity contribution < 1.29 is 27.9 Å². The number of carbonyl (C=O) groups is 1. The Bertz CT molecular complexity index is 1120. The minimum absolute atomic E-state index is 0.0828. The highest BCUT2D eigenvalue weighted by atomic mass is 35.5. The fraction of sp³-hybridized carbons (Fsp3) is 0.409. The van der Waals surface area contributed by atoms with Crippen LogP contribution in [0.15, 0.2) is 41.3 Å². The molecule has 33 heavy (non-hydrogen) atoms. The maximum atomic E-state index is 12.8. The molecule has 0 saturated heterocycles. The first-order chi connectivity index (χ1) is 15.7. The van der Waals surface area contributed by atoms with E-state index in [1.165, 1.54) is 31.4 Å². The van der Waals surface area contributed by atoms with Crippen LogP contribution in [0.25, 0.3) is 0 Å². The third-order valence-electron chi connectivity index (χ3n) is 5.65. The van der Waals surface area contributed by atoms with Crippen LogP contribution in [0.5, 0.6) is 0 Å². The highest BCUT2D eigenvalue weighted by Gasteiger charge is 2.26. The molecule has 0 fully saturated rings. The molecule has 0 bridgehead atoms. The van der Waals surface area contributed by atoms with E-state index in [2.05, 4.69) is 9.56 Å². The summed E-state index contributed by atoms with van der Waals surface area (Å²) in [5.74, 6) is -0.343. The molecule has 0 aliphatic heterocycles. The van der Waals surface area contributed by atoms with E-state index in [-0.39, 0.29) is 29.9 Å². The van der Waals surface area contributed by atoms with Gasteiger partial charge in [0, 0.05) is 17.5 Å². The number of nitrogens with one attached hydrogen (secondary N) is 1. The summed E-state index contributed by atoms with van der Waals surface area (Å²) in [6.45, 7) is -0.0828. The summed E-state index contributed by atoms with van der Waals surface area (Å²) >= 11 is 5.85. The van der Waals surface area contributed by atoms with Gasteiger partial charge in [-0.05, 0) is 78.6 Å². The van der Waals surface area contributed by atoms with Crippen LogP contribution in [0.2, 0.25) is 5.02 Å². The molecule has 0 amide bonds. The van der Waals surface area contributed by atoms with E-state index < -0.39 is 15.1 Å². The summed E-state index contributed by atoms with van der Waals surface area (Å²) in [4.78, 5) is 26.8. The van der Waals surface area contributed by atoms with Gasteiger partial charge in [0.05, 0.1) is 12.0 Å². The van der Waals surface area contributed by atoms with Gasteiger partial charge in [0.15, 0.2) is 0 Å². The zero-order valence-electron chi connectivity index (χ0n) is 18.1. The molecule has 9 nitrogen and oxygen atoms in total. The van der Waals surface area contributed by atoms with Crippen LogP contribution >= 0.6 is 11.6 Å². The number of carbonyl (C=O) groups excluding carboxylic acids is 1. The van der Waals surface area contributed by atoms with E-state index in [0.717, 1.165) is 22.3 Å². The molecule has 0 heterocycles. The van der Waals surface area contributed by atoms with E-state index in [0.29, 0.717) is 37.1 Å². The number of halogens is 1. The van der Waals surface area contributed by atoms with Gasteiger partial charge in [0.1, 0.15) is 6.61 Å². The summed E-state index contributed by atoms with van der Waals surface area (Å²) < 4.78 is 33.0. The summed E-state index contributed by atoms with van der Waals surface area (Å²) in [5.41, 5.74) is 3.87. The first kappa shape index (κ1) is 24.9. The third-order valence-corrected chi connectivity index (χ3v) is 7.44. The molecule has 1 N–H and O–H groups in total. The van der Waals surface area contributed by atoms with Crippen LogP contribution in [-0.4, -0.2) is 39.2 Å². The van der Waals surface area contributed by atoms with Crippen molar-refractivity contribution in [2.45, 2.75) is 49.5 Å². The number of ether oxygens (including phenoxy) is 1. The molecule has 1 aliphatic rings. The highest BCUT2D eigenvalue weighted by Crippen LogP contribution is 2.30. The lowest BCUT2D eigenvalue weighted by atomic mass is 9.82. The molecule has 0 spiro atoms. The Labute approximate surface area is 197 Å². The van der Waals surface area contributed by atoms with Gasteiger partial charge in [-0.2, -0.15) is 0 Å². The molecular formula is C22H25ClN2O7S. The second-order valence-corrected chi connectivity index (χ2v) is 9.89. The van der Waals surface area contributed by atoms with Crippen molar-refractivity contribution in [2.24, 2.45) is 0 Å². The third kappa shape index (κ3) is 6.66. The first-order valence-corrected chi connectivity index (χ1v) is 12.3. The van der Waals surface area contributed by atoms with Gasteiger partial charge in [-0.1, -0.05) is 23.7 Å². The lowest BCUT2D eigenvalue weighted by Crippen LogP contribution is -2.39. The Kier molecular flexibility index (Phi) is 8.28. The number of fused-ring (bicyclic) bond motifs is 1. The number of benzene rings is 2. The maximum absolute atomic E-state index is 12.8. The first-order valence-electron chi connectivity index (χ1n) is 10.4. The minimum Gasteiger partial charge on any atom is -0.469 e. The van der Waals surface area contributed by atoms with Crippen LogP contribution in [0, 0.1) is 10.1 Å². The van der Waals surface area contributed by atoms with E-state index in [1.54, 1.807) is 0 Å². The van der Waals surface area contributed by atoms with Crippen molar-refractivity contribution in [3.8, 4) is 0 Å². The normalized spacial score (nSPS) is 15.5. The largest absolute Gasteiger partial charge is 0.469 e. The molecule has 178 valence electrons. The fourth-order valence-electron chi connectivity index (χ4n) is 4.09. The van der Waals surface area contributed by atoms with Gasteiger partial charge in [-0.3, -0.25) is 4.79 Å². The lowest BCUT2D eigenvalue weighted by Gasteiger charge is -2.28. The number of hydrogen-bond donors (Lipinski definition) is 1. The van der Waals surface area contributed by atoms with Crippen molar-refractivity contribution in [3.05, 3.63) is 73.8 Å². The van der Waals surface area contributed by atoms with Gasteiger partial charge in [-0.25, -0.2) is 13.1 Å². The second kappa shape index (κ2) is 11.0. The zero-order chi connectivity index (χ0) is 24.0. The van der Waals surface area contributed by atoms with Gasteiger partial charge in [0.25, 0.3) is 5.09 Å². The number of esters is 1. The van der Waals surface area contributed by atoms with Crippen LogP contribution in [0.4, 0.5) is 0 Å². The Morgan fingerprint density at radius 1 is 1.21 bits per heavy atom. The number of sulfonamides is 1. The van der Waals surface area contributed by atoms with Crippen molar-refractivity contribution in [3.63, 3.8) is 0 Å². The van der Waals surface area contributed by atoms with Crippen LogP contribution in [0.3, 0.4) is 0 Å². The molecule has 1 aliphatic carbocycles. The Balaban J connectivity index is 1.79. The number of hydrogen-bond acceptors (Lipinski definition) is 7. The molecule has 1 atom stereocenters. The average Bonchev–Trinajstić information content (AvgIpc) is 2.77. The smallest absolute Gasteiger partial charge is 0.305 e. The lowest BCUT2D eigenvalue weighted by molar-refractivity contribution is -0.757. The second-order valence-electron chi connectivity index (χ2n) is 7.74. The SMILES string of the molecule is COC(=O)CCc1c(CCO[N+](=O)[O-])ccc2c1CCC(NS(=O)(=O)c1ccc(Cl)cc1)C2. The van der Waals surface area contributed by atoms with Crippen molar-refractivity contribution in [2.75, 3.05) is 13.7 Å². The summed E-state index contributed by atoms with van der Waals surface area (Å²) in [6.07, 6.45) is 2.65. The fourth-order valence-corrected chi connectivity index (χ4v) is 5.48. The molecule has 2 aromatic rings. The van der Waals surface area contributed by atoms with Gasteiger partial charge < -0.3 is 9.57 Å². The molecule has 3 rings (SSSR count). The predicted molar refractivity (Wildman–Crippen MR) is 121 cm³/mol. The number of nitrogens with zero attached hydrogens (tertiary/aromatic N) is 1. The molecule has 0 aromatic heterocycles. The van der Waals surface area contributed by atoms with Gasteiger partial charge >= 0.3 is 5.97 Å². The zero-order valence-corrected chi connectivity index (χ0v) is 19.7. The van der Waals surface area contributed by atoms with E-state index in [9.17, 15) is 23.3 Å². The maximum Gasteiger partial charge on any atom is 0.305 e. The Morgan fingerprint density at radius 3 is 2.61 bits per heavy atom. The van der Waals surface area contributed by atoms with Crippen molar-refractivity contribution in [1.29, 1.82) is 0 Å². The highest BCUT2D eigenvalue weighted by molar-refractivity contribution is 7.89. The Hall–Kier alpha value is -2.69. The molecule has 11 heteroatoms. The predicted octanol–water partition coefficient (Wildman–Crippen LogP) is 3.03. The van der Waals surface area contributed by atoms with Crippen LogP contribution < -0.4 is 4.72 Å². The standard InChI is InChI=1S/C22H25ClN2O7S/c1-31-22(26)11-10-20-15(12-13-32-25(27)28)2-3-16-14-18(6-9-21(16)20)24-33(29,30)19-7-4-17(23)5-8-19/h2-5,7-8,18,24H,6,9-14H2,1H3. The quantitative estimate of drug-likeness (QED) is 0.304. The minimum atomic E-state index is -3.69. The molecular weight excluding hydrogens is 472 g/mol. The summed E-state index contributed by atoms with van der Waals surface area (Å²) in [7, 11) is -2.37. The average molecular weight is 497 g/mol. The van der Waals surface area contributed by atoms with Crippen molar-refractivity contribution in [1.82, 2.24) is 4.72 Å². The molecule has 0 saturated carbocycles. The van der Waals surface area contributed by atoms with Crippen LogP contribution in [-0.2, 0) is 50.1 Å². The summed E-state index contributed by atoms with van der Waals surface area (Å²) in [5, 5.41) is 10.1. The van der Waals surface area contributed by atoms with E-state index in [1.807, 2.05) is 12.1 Å². The molecule has 0 radical (unpaired) electrons. The summed E-state index contributed by atoms with van der Waals surface area (Å²) in [6, 6.07) is 9.49. The molecule has 1 unspecified atom stereocenters. The monoisotopic (exact) mass is 496 g/mol. The number of methoxy groups -OCH3 is 1. The van der Waals surface area contributed by atoms with Crippen LogP contribution in [0.1, 0.15) is 35.1 Å². The van der Waals surface area contributed by atoms with Gasteiger partial charge in [0.2, 0.25) is 10.0 Å². The Morgan fingerprint density at radius 2 is 1.94 bits per heavy atom. The molecule has 2 aromatic carbocycles. The number of rotatable bonds is 10. The van der Waals surface area contributed by atoms with E-state index in [4.69, 9.17) is 16.3 Å².